The van der Waals surface area contributed by atoms with E-state index in [4.69, 9.17) is 66.3 Å². The Hall–Kier alpha value is -10.6. The van der Waals surface area contributed by atoms with E-state index in [1.54, 1.807) is 12.1 Å². The molecule has 27 rings (SSSR count). The molecule has 0 radical (unpaired) electrons. The van der Waals surface area contributed by atoms with Crippen molar-refractivity contribution in [1.82, 2.24) is 47.0 Å². The Balaban J connectivity index is 0.000000106. The molecule has 0 unspecified atom stereocenters. The first-order chi connectivity index (χ1) is 72.1. The second-order valence-electron chi connectivity index (χ2n) is 47.4. The summed E-state index contributed by atoms with van der Waals surface area (Å²) < 4.78 is 81.0. The molecule has 9 fully saturated rings. The van der Waals surface area contributed by atoms with Crippen molar-refractivity contribution >= 4 is 0 Å². The van der Waals surface area contributed by atoms with Crippen LogP contribution >= 0.6 is 0 Å². The van der Waals surface area contributed by atoms with Crippen LogP contribution in [0.2, 0.25) is 0 Å². The third-order valence-corrected chi connectivity index (χ3v) is 36.2. The maximum Gasteiger partial charge on any atom is 0.126 e. The zero-order valence-corrected chi connectivity index (χ0v) is 92.7. The fourth-order valence-corrected chi connectivity index (χ4v) is 27.1. The number of hydrogen-bond acceptors (Lipinski definition) is 25. The summed E-state index contributed by atoms with van der Waals surface area (Å²) in [6.45, 7) is 56.6. The summed E-state index contributed by atoms with van der Waals surface area (Å²) in [5, 5.41) is 44.0. The van der Waals surface area contributed by atoms with Crippen molar-refractivity contribution in [2.24, 2.45) is 0 Å². The Labute approximate surface area is 891 Å². The maximum atomic E-state index is 9.59. The minimum Gasteiger partial charge on any atom is -0.508 e. The number of aromatic hydroxyl groups is 2. The first kappa shape index (κ1) is 108. The van der Waals surface area contributed by atoms with Gasteiger partial charge in [0.25, 0.3) is 0 Å². The highest BCUT2D eigenvalue weighted by Crippen LogP contribution is 2.56. The van der Waals surface area contributed by atoms with Crippen molar-refractivity contribution in [2.45, 2.75) is 298 Å². The van der Waals surface area contributed by atoms with Crippen molar-refractivity contribution in [3.8, 4) is 92.0 Å². The summed E-state index contributed by atoms with van der Waals surface area (Å²) in [4.78, 5) is 4.81. The number of likely N-dealkylation sites (tertiary alicyclic amines) is 2. The lowest BCUT2D eigenvalue weighted by atomic mass is 9.79. The van der Waals surface area contributed by atoms with E-state index >= 15 is 0 Å². The lowest BCUT2D eigenvalue weighted by molar-refractivity contribution is 0.0834. The van der Waals surface area contributed by atoms with E-state index in [2.05, 4.69) is 250 Å². The Bertz CT molecular complexity index is 6050. The summed E-state index contributed by atoms with van der Waals surface area (Å²) in [5.41, 5.74) is 15.3. The van der Waals surface area contributed by atoms with Crippen molar-refractivity contribution < 1.29 is 76.5 Å². The second kappa shape index (κ2) is 44.8. The molecule has 9 aromatic rings. The van der Waals surface area contributed by atoms with Gasteiger partial charge in [0.15, 0.2) is 0 Å². The van der Waals surface area contributed by atoms with Gasteiger partial charge in [-0.1, -0.05) is 61.4 Å². The lowest BCUT2D eigenvalue weighted by Gasteiger charge is -2.41. The van der Waals surface area contributed by atoms with Crippen LogP contribution in [0.5, 0.6) is 92.0 Å². The van der Waals surface area contributed by atoms with E-state index in [-0.39, 0.29) is 56.0 Å². The SMILES string of the molecule is CC(C)Oc1ccc2c(c1)[C@@H]1CCN[C@]1(C)CO2.CCCOc1ccc2c(c1)OC[C@@]1(C)NCC[C@@H]21.CCCOc1ccc2c(c1)[C@@H]1CCN[C@]1(C)CO2.CCOc1ccc2c(c1)OC[C@@]1(C)NCC[C@@H]21.CCOc1ccc2c(c1)[C@@H]1CCN[C@]1(C)CO2.CN1CC[C@H]2c3cc(O)ccc3OC[C@]21C.C[C@@]12COc3ccc(O)cc3[C@@H]1CCN2.Cc1ccc2c(c1)[C@@H]1CCN(C)[C@]1(C)CO2.Cc1ccc2c(c1)[C@@H]1CCN[C@]1(C)CO2. The Kier molecular flexibility index (Phi) is 32.2. The van der Waals surface area contributed by atoms with Gasteiger partial charge in [-0.3, -0.25) is 9.80 Å². The van der Waals surface area contributed by atoms with Crippen molar-refractivity contribution in [3.63, 3.8) is 0 Å². The number of rotatable bonds is 12. The Morgan fingerprint density at radius 1 is 0.280 bits per heavy atom. The monoisotopic (exact) mass is 2050 g/mol. The Morgan fingerprint density at radius 3 is 0.853 bits per heavy atom. The predicted octanol–water partition coefficient (Wildman–Crippen LogP) is 21.1. The third kappa shape index (κ3) is 22.2. The molecule has 25 nitrogen and oxygen atoms in total. The molecule has 9 aromatic carbocycles. The average molecular weight is 2050 g/mol. The minimum atomic E-state index is 0.0425. The van der Waals surface area contributed by atoms with Crippen molar-refractivity contribution in [3.05, 3.63) is 225 Å². The molecule has 0 saturated carbocycles. The molecule has 18 atom stereocenters. The molecule has 0 aliphatic carbocycles. The number of benzene rings is 9. The molecule has 0 amide bonds. The summed E-state index contributed by atoms with van der Waals surface area (Å²) in [7, 11) is 4.36. The summed E-state index contributed by atoms with van der Waals surface area (Å²) in [6.07, 6.45) is 13.0. The highest BCUT2D eigenvalue weighted by Gasteiger charge is 2.54. The standard InChI is InChI=1S/3C15H21NO2.2C14H19NO2.C14H19NO.C13H17NO2.C13H17NO.C12H15NO2/c1-10(2)18-11-4-5-14-12(8-11)13-6-7-16-15(13,3)9-17-14;1-3-8-17-11-4-5-14-12(9-11)13-6-7-16-15(13,2)10-18-14;1-3-8-17-11-4-5-12-13-6-7-16-15(13,2)10-18-14(12)9-11;1-3-16-10-4-5-13-11(8-10)12-6-7-15-14(12,2)9-17-13;1-3-16-10-4-5-11-12-6-7-15-14(12,2)9-17-13(11)8-10;1-10-4-5-13-11(8-10)12-6-7-15(3)14(12,2)9-16-13;1-13-8-16-12-4-3-9(15)7-10(12)11(13)5-6-14(13)2;1-9-3-4-12-10(7-9)11-5-6-14-13(11,2)8-15-12;1-12-7-15-11-3-2-8(14)6-9(11)10(12)4-5-13-12/h4-5,8,10,13,16H,6-7,9H2,1-3H3;2*4-5,9,13,16H,3,6-8,10H2,1-2H3;2*4-5,8,12,15H,3,6-7,9H2,1-2H3;4-5,8,12H,6-7,9H2,1-3H3;3-4,7,11,15H,5-6,8H2,1-2H3;3-4,7,11,14H,5-6,8H2,1-2H3;2-3,6,10,13-14H,4-5,7H2,1H3/t3*13-,15+;3*12-,14+;2*11-,13+;10-,12+/m000000000/s1. The fraction of sp³-hybridized carbons (Fsp3) is 0.568. The maximum absolute atomic E-state index is 9.59. The number of nitrogens with zero attached hydrogens (tertiary/aromatic N) is 2. The quantitative estimate of drug-likeness (QED) is 0.0551. The first-order valence-electron chi connectivity index (χ1n) is 56.2. The van der Waals surface area contributed by atoms with E-state index < -0.39 is 0 Å². The normalized spacial score (nSPS) is 31.1. The molecule has 18 heterocycles. The number of nitrogens with one attached hydrogen (secondary N) is 7. The van der Waals surface area contributed by atoms with Gasteiger partial charge in [-0.2, -0.15) is 0 Å². The molecular formula is C125H169N9O16. The molecule has 150 heavy (non-hydrogen) atoms. The van der Waals surface area contributed by atoms with Gasteiger partial charge in [-0.15, -0.1) is 0 Å². The highest BCUT2D eigenvalue weighted by molar-refractivity contribution is 5.55. The van der Waals surface area contributed by atoms with Crippen LogP contribution in [0, 0.1) is 13.8 Å². The van der Waals surface area contributed by atoms with Crippen LogP contribution in [0.1, 0.15) is 289 Å². The van der Waals surface area contributed by atoms with Gasteiger partial charge in [0.05, 0.1) is 82.4 Å². The van der Waals surface area contributed by atoms with Gasteiger partial charge in [0.1, 0.15) is 151 Å². The lowest BCUT2D eigenvalue weighted by Crippen LogP contribution is -2.49. The van der Waals surface area contributed by atoms with Gasteiger partial charge >= 0.3 is 0 Å². The molecule has 810 valence electrons. The largest absolute Gasteiger partial charge is 0.508 e. The number of phenolic OH excluding ortho intramolecular Hbond substituents is 2. The summed E-state index contributed by atoms with van der Waals surface area (Å²) in [6, 6.07) is 55.1. The van der Waals surface area contributed by atoms with E-state index in [1.807, 2.05) is 80.6 Å². The topological polar surface area (TPSA) is 260 Å². The molecule has 18 aliphatic heterocycles. The number of fused-ring (bicyclic) bond motifs is 27. The van der Waals surface area contributed by atoms with Gasteiger partial charge in [0.2, 0.25) is 0 Å². The van der Waals surface area contributed by atoms with Crippen LogP contribution in [-0.2, 0) is 0 Å². The number of phenols is 2. The smallest absolute Gasteiger partial charge is 0.126 e. The Morgan fingerprint density at radius 2 is 0.527 bits per heavy atom. The highest BCUT2D eigenvalue weighted by atomic mass is 16.5. The van der Waals surface area contributed by atoms with E-state index in [1.165, 1.54) is 102 Å². The van der Waals surface area contributed by atoms with Gasteiger partial charge in [-0.25, -0.2) is 0 Å². The first-order valence-corrected chi connectivity index (χ1v) is 56.2. The fourth-order valence-electron chi connectivity index (χ4n) is 27.1. The molecule has 18 aliphatic rings. The van der Waals surface area contributed by atoms with E-state index in [0.29, 0.717) is 78.0 Å². The van der Waals surface area contributed by atoms with Gasteiger partial charge in [0, 0.05) is 93.2 Å². The third-order valence-electron chi connectivity index (χ3n) is 36.2. The number of likely N-dealkylation sites (N-methyl/N-ethyl adjacent to an activating group) is 2. The number of aryl methyl sites for hydroxylation is 2. The zero-order chi connectivity index (χ0) is 105. The summed E-state index contributed by atoms with van der Waals surface area (Å²) in [5.74, 6) is 19.5. The molecule has 9 saturated heterocycles. The van der Waals surface area contributed by atoms with Crippen LogP contribution in [0.25, 0.3) is 0 Å². The van der Waals surface area contributed by atoms with E-state index in [9.17, 15) is 10.2 Å². The molecular weight excluding hydrogens is 1880 g/mol. The van der Waals surface area contributed by atoms with Gasteiger partial charge in [-0.05, 0) is 385 Å². The zero-order valence-electron chi connectivity index (χ0n) is 92.7. The van der Waals surface area contributed by atoms with Crippen LogP contribution in [0.4, 0.5) is 0 Å². The van der Waals surface area contributed by atoms with Gasteiger partial charge < -0.3 is 114 Å². The average Bonchev–Trinajstić information content (AvgIpc) is 1.59. The molecule has 9 N–H and O–H groups in total. The molecule has 0 bridgehead atoms. The van der Waals surface area contributed by atoms with Crippen molar-refractivity contribution in [2.75, 3.05) is 159 Å². The predicted molar refractivity (Wildman–Crippen MR) is 593 cm³/mol. The second-order valence-corrected chi connectivity index (χ2v) is 47.4. The van der Waals surface area contributed by atoms with Crippen LogP contribution in [0.3, 0.4) is 0 Å². The number of hydrogen-bond donors (Lipinski definition) is 9. The van der Waals surface area contributed by atoms with Crippen molar-refractivity contribution in [1.29, 1.82) is 0 Å². The summed E-state index contributed by atoms with van der Waals surface area (Å²) >= 11 is 0. The number of ether oxygens (including phenoxy) is 14. The van der Waals surface area contributed by atoms with E-state index in [0.717, 1.165) is 242 Å². The molecule has 25 heteroatoms. The van der Waals surface area contributed by atoms with Crippen LogP contribution in [-0.4, -0.2) is 235 Å². The minimum absolute atomic E-state index is 0.0425. The van der Waals surface area contributed by atoms with Crippen LogP contribution < -0.4 is 104 Å². The van der Waals surface area contributed by atoms with Crippen LogP contribution in [0.15, 0.2) is 164 Å². The molecule has 0 aromatic heterocycles. The molecule has 0 spiro atoms.